The number of fused-ring (bicyclic) bond motifs is 1. The highest BCUT2D eigenvalue weighted by Crippen LogP contribution is 2.28. The van der Waals surface area contributed by atoms with E-state index in [2.05, 4.69) is 15.3 Å². The van der Waals surface area contributed by atoms with E-state index in [9.17, 15) is 14.7 Å². The summed E-state index contributed by atoms with van der Waals surface area (Å²) in [6.07, 6.45) is 3.62. The van der Waals surface area contributed by atoms with Gasteiger partial charge in [0.1, 0.15) is 17.6 Å². The number of nitrogens with one attached hydrogen (secondary N) is 1. The van der Waals surface area contributed by atoms with Crippen molar-refractivity contribution in [2.45, 2.75) is 26.3 Å². The van der Waals surface area contributed by atoms with Gasteiger partial charge in [-0.3, -0.25) is 14.3 Å². The summed E-state index contributed by atoms with van der Waals surface area (Å²) in [4.78, 5) is 33.6. The molecule has 0 aliphatic carbocycles. The number of amides is 1. The maximum absolute atomic E-state index is 13.0. The van der Waals surface area contributed by atoms with Crippen molar-refractivity contribution in [3.05, 3.63) is 77.7 Å². The molecule has 2 aromatic heterocycles. The number of benzene rings is 2. The number of halogens is 1. The van der Waals surface area contributed by atoms with Crippen LogP contribution < -0.4 is 5.32 Å². The molecule has 2 heterocycles. The van der Waals surface area contributed by atoms with Crippen molar-refractivity contribution in [1.29, 1.82) is 0 Å². The second-order valence-electron chi connectivity index (χ2n) is 8.17. The molecule has 1 amide bonds. The molecule has 0 fully saturated rings. The summed E-state index contributed by atoms with van der Waals surface area (Å²) in [7, 11) is 0. The molecule has 1 atom stereocenters. The lowest BCUT2D eigenvalue weighted by molar-refractivity contribution is -0.139. The molecule has 0 spiro atoms. The molecular formula is C25H23ClN4O3. The normalized spacial score (nSPS) is 12.1. The maximum atomic E-state index is 13.0. The minimum Gasteiger partial charge on any atom is -0.480 e. The van der Waals surface area contributed by atoms with Crippen molar-refractivity contribution < 1.29 is 14.7 Å². The molecule has 2 N–H and O–H groups in total. The predicted octanol–water partition coefficient (Wildman–Crippen LogP) is 4.97. The lowest BCUT2D eigenvalue weighted by Crippen LogP contribution is -2.41. The van der Waals surface area contributed by atoms with Crippen molar-refractivity contribution in [2.24, 2.45) is 5.92 Å². The number of carboxylic acid groups (broad SMARTS) is 1. The summed E-state index contributed by atoms with van der Waals surface area (Å²) in [5, 5.41) is 13.5. The van der Waals surface area contributed by atoms with Crippen LogP contribution in [0.25, 0.3) is 28.0 Å². The van der Waals surface area contributed by atoms with Crippen LogP contribution in [-0.4, -0.2) is 37.6 Å². The third-order valence-electron chi connectivity index (χ3n) is 5.22. The Morgan fingerprint density at radius 3 is 2.58 bits per heavy atom. The van der Waals surface area contributed by atoms with Crippen LogP contribution in [0, 0.1) is 5.92 Å². The van der Waals surface area contributed by atoms with Gasteiger partial charge in [0.25, 0.3) is 5.91 Å². The van der Waals surface area contributed by atoms with E-state index in [0.717, 1.165) is 16.6 Å². The molecule has 7 nitrogen and oxygen atoms in total. The number of aromatic nitrogens is 3. The number of aliphatic carboxylic acids is 1. The Morgan fingerprint density at radius 2 is 1.88 bits per heavy atom. The number of hydrogen-bond donors (Lipinski definition) is 2. The van der Waals surface area contributed by atoms with Crippen LogP contribution in [0.2, 0.25) is 5.02 Å². The van der Waals surface area contributed by atoms with Gasteiger partial charge in [-0.1, -0.05) is 55.8 Å². The highest BCUT2D eigenvalue weighted by Gasteiger charge is 2.24. The van der Waals surface area contributed by atoms with E-state index in [0.29, 0.717) is 22.8 Å². The average Bonchev–Trinajstić information content (AvgIpc) is 3.23. The molecule has 0 aliphatic heterocycles. The zero-order valence-corrected chi connectivity index (χ0v) is 19.0. The molecule has 8 heteroatoms. The van der Waals surface area contributed by atoms with E-state index in [1.165, 1.54) is 0 Å². The van der Waals surface area contributed by atoms with Crippen LogP contribution in [0.4, 0.5) is 0 Å². The van der Waals surface area contributed by atoms with Gasteiger partial charge in [0, 0.05) is 28.4 Å². The molecule has 168 valence electrons. The predicted molar refractivity (Wildman–Crippen MR) is 128 cm³/mol. The van der Waals surface area contributed by atoms with Gasteiger partial charge in [0.05, 0.1) is 11.2 Å². The lowest BCUT2D eigenvalue weighted by Gasteiger charge is -2.15. The van der Waals surface area contributed by atoms with Gasteiger partial charge >= 0.3 is 5.97 Å². The molecule has 4 aromatic rings. The first-order valence-corrected chi connectivity index (χ1v) is 10.9. The van der Waals surface area contributed by atoms with Crippen LogP contribution in [0.15, 0.2) is 67.0 Å². The van der Waals surface area contributed by atoms with E-state index in [1.807, 2.05) is 60.9 Å². The quantitative estimate of drug-likeness (QED) is 0.404. The van der Waals surface area contributed by atoms with Gasteiger partial charge in [0.2, 0.25) is 0 Å². The fourth-order valence-corrected chi connectivity index (χ4v) is 3.87. The van der Waals surface area contributed by atoms with Crippen LogP contribution in [0.1, 0.15) is 30.8 Å². The van der Waals surface area contributed by atoms with Gasteiger partial charge in [-0.2, -0.15) is 0 Å². The molecular weight excluding hydrogens is 440 g/mol. The molecule has 2 aromatic carbocycles. The van der Waals surface area contributed by atoms with Crippen LogP contribution in [0.3, 0.4) is 0 Å². The molecule has 0 radical (unpaired) electrons. The Kier molecular flexibility index (Phi) is 6.42. The summed E-state index contributed by atoms with van der Waals surface area (Å²) >= 11 is 6.14. The molecule has 0 unspecified atom stereocenters. The van der Waals surface area contributed by atoms with E-state index in [1.54, 1.807) is 24.5 Å². The summed E-state index contributed by atoms with van der Waals surface area (Å²) in [5.74, 6) is -0.949. The Labute approximate surface area is 196 Å². The third kappa shape index (κ3) is 4.88. The maximum Gasteiger partial charge on any atom is 0.326 e. The second kappa shape index (κ2) is 9.42. The summed E-state index contributed by atoms with van der Waals surface area (Å²) < 4.78 is 1.82. The first kappa shape index (κ1) is 22.5. The van der Waals surface area contributed by atoms with Crippen molar-refractivity contribution in [1.82, 2.24) is 19.9 Å². The number of carboxylic acids is 1. The number of hydrogen-bond acceptors (Lipinski definition) is 4. The first-order chi connectivity index (χ1) is 15.8. The zero-order chi connectivity index (χ0) is 23.5. The van der Waals surface area contributed by atoms with E-state index >= 15 is 0 Å². The molecule has 0 aliphatic rings. The third-order valence-corrected chi connectivity index (χ3v) is 5.46. The molecule has 0 saturated carbocycles. The van der Waals surface area contributed by atoms with Crippen molar-refractivity contribution in [3.8, 4) is 17.1 Å². The van der Waals surface area contributed by atoms with Crippen molar-refractivity contribution >= 4 is 34.4 Å². The number of rotatable bonds is 7. The summed E-state index contributed by atoms with van der Waals surface area (Å²) in [6.45, 7) is 3.82. The van der Waals surface area contributed by atoms with Gasteiger partial charge in [-0.05, 0) is 36.6 Å². The Hall–Kier alpha value is -3.71. The first-order valence-electron chi connectivity index (χ1n) is 10.6. The van der Waals surface area contributed by atoms with Gasteiger partial charge in [0.15, 0.2) is 0 Å². The van der Waals surface area contributed by atoms with Gasteiger partial charge < -0.3 is 10.4 Å². The zero-order valence-electron chi connectivity index (χ0n) is 18.2. The fraction of sp³-hybridized carbons (Fsp3) is 0.200. The monoisotopic (exact) mass is 462 g/mol. The Balaban J connectivity index is 1.81. The standard InChI is InChI=1S/C25H23ClN4O3/c1-15(2)12-20(25(32)33)29-24(31)21-14-30(23(28-21)16-6-4-3-5-7-16)22-10-11-27-19-13-17(26)8-9-18(19)22/h3-11,13-15,20H,12H2,1-2H3,(H,29,31)(H,32,33)/t20-/m0/s1. The number of pyridine rings is 1. The molecule has 0 saturated heterocycles. The van der Waals surface area contributed by atoms with Gasteiger partial charge in [-0.15, -0.1) is 0 Å². The Morgan fingerprint density at radius 1 is 1.12 bits per heavy atom. The van der Waals surface area contributed by atoms with Crippen LogP contribution >= 0.6 is 11.6 Å². The average molecular weight is 463 g/mol. The SMILES string of the molecule is CC(C)C[C@H](NC(=O)c1cn(-c2ccnc3cc(Cl)ccc23)c(-c2ccccc2)n1)C(=O)O. The van der Waals surface area contributed by atoms with Gasteiger partial charge in [-0.25, -0.2) is 9.78 Å². The highest BCUT2D eigenvalue weighted by molar-refractivity contribution is 6.31. The topological polar surface area (TPSA) is 97.1 Å². The molecule has 0 bridgehead atoms. The number of carbonyl (C=O) groups excluding carboxylic acids is 1. The van der Waals surface area contributed by atoms with Crippen molar-refractivity contribution in [3.63, 3.8) is 0 Å². The molecule has 4 rings (SSSR count). The Bertz CT molecular complexity index is 1320. The number of nitrogens with zero attached hydrogens (tertiary/aromatic N) is 3. The van der Waals surface area contributed by atoms with E-state index in [4.69, 9.17) is 11.6 Å². The largest absolute Gasteiger partial charge is 0.480 e. The van der Waals surface area contributed by atoms with E-state index < -0.39 is 17.9 Å². The smallest absolute Gasteiger partial charge is 0.326 e. The number of imidazole rings is 1. The summed E-state index contributed by atoms with van der Waals surface area (Å²) in [6, 6.07) is 15.8. The van der Waals surface area contributed by atoms with Crippen LogP contribution in [0.5, 0.6) is 0 Å². The highest BCUT2D eigenvalue weighted by atomic mass is 35.5. The minimum atomic E-state index is -1.07. The molecule has 33 heavy (non-hydrogen) atoms. The summed E-state index contributed by atoms with van der Waals surface area (Å²) in [5.41, 5.74) is 2.43. The van der Waals surface area contributed by atoms with Crippen molar-refractivity contribution in [2.75, 3.05) is 0 Å². The lowest BCUT2D eigenvalue weighted by atomic mass is 10.0. The van der Waals surface area contributed by atoms with Crippen LogP contribution in [-0.2, 0) is 4.79 Å². The second-order valence-corrected chi connectivity index (χ2v) is 8.61. The minimum absolute atomic E-state index is 0.110. The van der Waals surface area contributed by atoms with E-state index in [-0.39, 0.29) is 11.6 Å². The fourth-order valence-electron chi connectivity index (χ4n) is 3.71. The number of carbonyl (C=O) groups is 2.